The van der Waals surface area contributed by atoms with E-state index in [9.17, 15) is 9.59 Å². The highest BCUT2D eigenvalue weighted by Gasteiger charge is 2.32. The second-order valence-electron chi connectivity index (χ2n) is 6.50. The van der Waals surface area contributed by atoms with Crippen molar-refractivity contribution in [1.29, 1.82) is 0 Å². The van der Waals surface area contributed by atoms with Crippen molar-refractivity contribution < 1.29 is 19.4 Å². The Bertz CT molecular complexity index is 760. The zero-order valence-electron chi connectivity index (χ0n) is 14.6. The van der Waals surface area contributed by atoms with Crippen LogP contribution in [0.3, 0.4) is 0 Å². The summed E-state index contributed by atoms with van der Waals surface area (Å²) in [4.78, 5) is 23.7. The molecule has 2 aromatic carbocycles. The van der Waals surface area contributed by atoms with Gasteiger partial charge in [0.1, 0.15) is 0 Å². The van der Waals surface area contributed by atoms with Crippen LogP contribution in [0.25, 0.3) is 0 Å². The molecule has 0 aromatic heterocycles. The minimum Gasteiger partial charge on any atom is -0.478 e. The Kier molecular flexibility index (Phi) is 6.02. The number of hydrogen-bond acceptors (Lipinski definition) is 3. The lowest BCUT2D eigenvalue weighted by molar-refractivity contribution is -0.134. The van der Waals surface area contributed by atoms with E-state index in [1.165, 1.54) is 0 Å². The number of nitrogens with one attached hydrogen (secondary N) is 1. The molecule has 1 heterocycles. The molecule has 2 aromatic rings. The SMILES string of the molecule is O=C(O)c1cccc(CCNC(=O)C2CCCOC2c2ccccc2)c1. The second kappa shape index (κ2) is 8.63. The highest BCUT2D eigenvalue weighted by Crippen LogP contribution is 2.33. The van der Waals surface area contributed by atoms with E-state index in [-0.39, 0.29) is 23.5 Å². The highest BCUT2D eigenvalue weighted by atomic mass is 16.5. The maximum absolute atomic E-state index is 12.7. The number of rotatable bonds is 6. The Hall–Kier alpha value is -2.66. The molecule has 2 unspecified atom stereocenters. The number of carboxylic acids is 1. The summed E-state index contributed by atoms with van der Waals surface area (Å²) in [6.07, 6.45) is 2.07. The topological polar surface area (TPSA) is 75.6 Å². The summed E-state index contributed by atoms with van der Waals surface area (Å²) in [6.45, 7) is 1.14. The molecular weight excluding hydrogens is 330 g/mol. The zero-order chi connectivity index (χ0) is 18.4. The summed E-state index contributed by atoms with van der Waals surface area (Å²) in [7, 11) is 0. The number of ether oxygens (including phenoxy) is 1. The first-order valence-electron chi connectivity index (χ1n) is 8.91. The van der Waals surface area contributed by atoms with Gasteiger partial charge in [0.2, 0.25) is 5.91 Å². The molecule has 1 fully saturated rings. The molecule has 1 saturated heterocycles. The predicted octanol–water partition coefficient (Wildman–Crippen LogP) is 3.21. The van der Waals surface area contributed by atoms with Gasteiger partial charge in [-0.25, -0.2) is 4.79 Å². The molecule has 0 bridgehead atoms. The summed E-state index contributed by atoms with van der Waals surface area (Å²) in [5.74, 6) is -1.15. The van der Waals surface area contributed by atoms with E-state index >= 15 is 0 Å². The molecule has 5 heteroatoms. The molecule has 5 nitrogen and oxygen atoms in total. The lowest BCUT2D eigenvalue weighted by Gasteiger charge is -2.31. The summed E-state index contributed by atoms with van der Waals surface area (Å²) in [5.41, 5.74) is 2.19. The molecule has 26 heavy (non-hydrogen) atoms. The van der Waals surface area contributed by atoms with Gasteiger partial charge >= 0.3 is 5.97 Å². The third-order valence-corrected chi connectivity index (χ3v) is 4.67. The number of carbonyl (C=O) groups excluding carboxylic acids is 1. The third kappa shape index (κ3) is 4.49. The van der Waals surface area contributed by atoms with Gasteiger partial charge in [-0.05, 0) is 42.5 Å². The van der Waals surface area contributed by atoms with Gasteiger partial charge in [-0.1, -0.05) is 42.5 Å². The number of carbonyl (C=O) groups is 2. The Morgan fingerprint density at radius 3 is 2.69 bits per heavy atom. The lowest BCUT2D eigenvalue weighted by atomic mass is 9.88. The Balaban J connectivity index is 1.58. The highest BCUT2D eigenvalue weighted by molar-refractivity contribution is 5.87. The van der Waals surface area contributed by atoms with Crippen molar-refractivity contribution in [2.75, 3.05) is 13.2 Å². The first-order valence-corrected chi connectivity index (χ1v) is 8.91. The molecule has 0 spiro atoms. The maximum Gasteiger partial charge on any atom is 0.335 e. The maximum atomic E-state index is 12.7. The van der Waals surface area contributed by atoms with Gasteiger partial charge in [0.25, 0.3) is 0 Å². The normalized spacial score (nSPS) is 19.7. The predicted molar refractivity (Wildman–Crippen MR) is 98.0 cm³/mol. The van der Waals surface area contributed by atoms with Crippen LogP contribution in [0.15, 0.2) is 54.6 Å². The number of carboxylic acid groups (broad SMARTS) is 1. The summed E-state index contributed by atoms with van der Waals surface area (Å²) < 4.78 is 5.88. The average Bonchev–Trinajstić information content (AvgIpc) is 2.69. The van der Waals surface area contributed by atoms with Crippen LogP contribution in [-0.4, -0.2) is 30.1 Å². The van der Waals surface area contributed by atoms with Gasteiger partial charge < -0.3 is 15.2 Å². The van der Waals surface area contributed by atoms with E-state index in [0.717, 1.165) is 24.0 Å². The van der Waals surface area contributed by atoms with Gasteiger partial charge in [0.15, 0.2) is 0 Å². The Morgan fingerprint density at radius 1 is 1.12 bits per heavy atom. The number of amides is 1. The van der Waals surface area contributed by atoms with Crippen LogP contribution in [0.2, 0.25) is 0 Å². The molecule has 0 radical (unpaired) electrons. The molecule has 1 aliphatic rings. The monoisotopic (exact) mass is 353 g/mol. The van der Waals surface area contributed by atoms with Gasteiger partial charge in [-0.15, -0.1) is 0 Å². The van der Waals surface area contributed by atoms with E-state index in [1.54, 1.807) is 18.2 Å². The van der Waals surface area contributed by atoms with Crippen molar-refractivity contribution in [3.63, 3.8) is 0 Å². The van der Waals surface area contributed by atoms with Crippen molar-refractivity contribution in [1.82, 2.24) is 5.32 Å². The standard InChI is InChI=1S/C21H23NO4/c23-20(22-12-11-15-6-4-9-17(14-15)21(24)25)18-10-5-13-26-19(18)16-7-2-1-3-8-16/h1-4,6-9,14,18-19H,5,10-13H2,(H,22,23)(H,24,25). The van der Waals surface area contributed by atoms with Crippen molar-refractivity contribution in [2.24, 2.45) is 5.92 Å². The molecular formula is C21H23NO4. The molecule has 2 atom stereocenters. The van der Waals surface area contributed by atoms with E-state index < -0.39 is 5.97 Å². The van der Waals surface area contributed by atoms with Crippen LogP contribution in [-0.2, 0) is 16.0 Å². The molecule has 3 rings (SSSR count). The number of aromatic carboxylic acids is 1. The van der Waals surface area contributed by atoms with E-state index in [4.69, 9.17) is 9.84 Å². The van der Waals surface area contributed by atoms with Crippen LogP contribution < -0.4 is 5.32 Å². The molecule has 0 saturated carbocycles. The molecule has 136 valence electrons. The summed E-state index contributed by atoms with van der Waals surface area (Å²) >= 11 is 0. The van der Waals surface area contributed by atoms with Gasteiger partial charge in [0.05, 0.1) is 17.6 Å². The van der Waals surface area contributed by atoms with Crippen LogP contribution in [0.1, 0.15) is 40.4 Å². The Morgan fingerprint density at radius 2 is 1.92 bits per heavy atom. The molecule has 1 aliphatic heterocycles. The van der Waals surface area contributed by atoms with Gasteiger partial charge in [-0.3, -0.25) is 4.79 Å². The van der Waals surface area contributed by atoms with Gasteiger partial charge in [0, 0.05) is 13.2 Å². The van der Waals surface area contributed by atoms with Crippen LogP contribution in [0, 0.1) is 5.92 Å². The molecule has 0 aliphatic carbocycles. The molecule has 2 N–H and O–H groups in total. The van der Waals surface area contributed by atoms with Crippen molar-refractivity contribution in [2.45, 2.75) is 25.4 Å². The minimum absolute atomic E-state index is 0.00653. The first-order chi connectivity index (χ1) is 12.6. The largest absolute Gasteiger partial charge is 0.478 e. The van der Waals surface area contributed by atoms with Gasteiger partial charge in [-0.2, -0.15) is 0 Å². The van der Waals surface area contributed by atoms with Crippen molar-refractivity contribution >= 4 is 11.9 Å². The van der Waals surface area contributed by atoms with E-state index in [0.29, 0.717) is 19.6 Å². The zero-order valence-corrected chi connectivity index (χ0v) is 14.6. The summed E-state index contributed by atoms with van der Waals surface area (Å²) in [5, 5.41) is 12.0. The first kappa shape index (κ1) is 18.1. The Labute approximate surface area is 153 Å². The van der Waals surface area contributed by atoms with Crippen LogP contribution >= 0.6 is 0 Å². The third-order valence-electron chi connectivity index (χ3n) is 4.67. The summed E-state index contributed by atoms with van der Waals surface area (Å²) in [6, 6.07) is 16.7. The second-order valence-corrected chi connectivity index (χ2v) is 6.50. The van der Waals surface area contributed by atoms with E-state index in [1.807, 2.05) is 36.4 Å². The fraction of sp³-hybridized carbons (Fsp3) is 0.333. The number of hydrogen-bond donors (Lipinski definition) is 2. The fourth-order valence-electron chi connectivity index (χ4n) is 3.34. The van der Waals surface area contributed by atoms with Crippen LogP contribution in [0.5, 0.6) is 0 Å². The van der Waals surface area contributed by atoms with Crippen LogP contribution in [0.4, 0.5) is 0 Å². The van der Waals surface area contributed by atoms with Crippen molar-refractivity contribution in [3.05, 3.63) is 71.3 Å². The van der Waals surface area contributed by atoms with Crippen molar-refractivity contribution in [3.8, 4) is 0 Å². The van der Waals surface area contributed by atoms with E-state index in [2.05, 4.69) is 5.32 Å². The number of benzene rings is 2. The quantitative estimate of drug-likeness (QED) is 0.836. The average molecular weight is 353 g/mol. The fourth-order valence-corrected chi connectivity index (χ4v) is 3.34. The lowest BCUT2D eigenvalue weighted by Crippen LogP contribution is -2.38. The smallest absolute Gasteiger partial charge is 0.335 e. The minimum atomic E-state index is -0.944. The molecule has 1 amide bonds.